The van der Waals surface area contributed by atoms with Gasteiger partial charge in [-0.15, -0.1) is 0 Å². The van der Waals surface area contributed by atoms with Crippen molar-refractivity contribution >= 4 is 11.4 Å². The van der Waals surface area contributed by atoms with Crippen LogP contribution < -0.4 is 11.1 Å². The minimum atomic E-state index is -0.246. The van der Waals surface area contributed by atoms with Crippen LogP contribution in [0.2, 0.25) is 0 Å². The maximum Gasteiger partial charge on any atom is 0.148 e. The van der Waals surface area contributed by atoms with Crippen molar-refractivity contribution in [3.63, 3.8) is 0 Å². The summed E-state index contributed by atoms with van der Waals surface area (Å²) in [5.74, 6) is -0.246. The molecule has 0 unspecified atom stereocenters. The minimum absolute atomic E-state index is 0.246. The Labute approximate surface area is 96.0 Å². The van der Waals surface area contributed by atoms with Gasteiger partial charge in [0, 0.05) is 6.04 Å². The van der Waals surface area contributed by atoms with Crippen molar-refractivity contribution in [2.75, 3.05) is 11.1 Å². The number of para-hydroxylation sites is 1. The molecule has 3 heteroatoms. The lowest BCUT2D eigenvalue weighted by atomic mass is 10.1. The van der Waals surface area contributed by atoms with Crippen LogP contribution in [0.15, 0.2) is 18.2 Å². The fourth-order valence-corrected chi connectivity index (χ4v) is 2.32. The topological polar surface area (TPSA) is 38.0 Å². The predicted molar refractivity (Wildman–Crippen MR) is 65.9 cm³/mol. The Bertz CT molecular complexity index is 324. The van der Waals surface area contributed by atoms with E-state index in [-0.39, 0.29) is 5.82 Å². The molecule has 1 aliphatic rings. The van der Waals surface area contributed by atoms with Gasteiger partial charge in [-0.2, -0.15) is 0 Å². The number of halogens is 1. The molecule has 16 heavy (non-hydrogen) atoms. The second kappa shape index (κ2) is 5.19. The van der Waals surface area contributed by atoms with Gasteiger partial charge in [-0.25, -0.2) is 4.39 Å². The molecular formula is C13H19FN2. The summed E-state index contributed by atoms with van der Waals surface area (Å²) in [6, 6.07) is 5.21. The van der Waals surface area contributed by atoms with Crippen molar-refractivity contribution in [2.24, 2.45) is 0 Å². The van der Waals surface area contributed by atoms with Gasteiger partial charge < -0.3 is 11.1 Å². The fourth-order valence-electron chi connectivity index (χ4n) is 2.32. The second-order valence-electron chi connectivity index (χ2n) is 4.54. The smallest absolute Gasteiger partial charge is 0.148 e. The SMILES string of the molecule is Nc1cccc(F)c1NC1CCCCCC1. The van der Waals surface area contributed by atoms with E-state index in [0.29, 0.717) is 17.4 Å². The normalized spacial score (nSPS) is 18.1. The Hall–Kier alpha value is -1.25. The largest absolute Gasteiger partial charge is 0.397 e. The van der Waals surface area contributed by atoms with Crippen LogP contribution in [-0.2, 0) is 0 Å². The standard InChI is InChI=1S/C13H19FN2/c14-11-8-5-9-12(15)13(11)16-10-6-3-1-2-4-7-10/h5,8-10,16H,1-4,6-7,15H2. The van der Waals surface area contributed by atoms with Crippen molar-refractivity contribution < 1.29 is 4.39 Å². The summed E-state index contributed by atoms with van der Waals surface area (Å²) >= 11 is 0. The third-order valence-electron chi connectivity index (χ3n) is 3.25. The van der Waals surface area contributed by atoms with Gasteiger partial charge in [0.15, 0.2) is 0 Å². The summed E-state index contributed by atoms with van der Waals surface area (Å²) in [5, 5.41) is 3.26. The summed E-state index contributed by atoms with van der Waals surface area (Å²) in [4.78, 5) is 0. The van der Waals surface area contributed by atoms with Crippen molar-refractivity contribution in [1.29, 1.82) is 0 Å². The first-order chi connectivity index (χ1) is 7.77. The third kappa shape index (κ3) is 2.65. The van der Waals surface area contributed by atoms with Crippen molar-refractivity contribution in [1.82, 2.24) is 0 Å². The van der Waals surface area contributed by atoms with Crippen LogP contribution in [0.5, 0.6) is 0 Å². The molecule has 1 aliphatic carbocycles. The zero-order chi connectivity index (χ0) is 11.4. The summed E-state index contributed by atoms with van der Waals surface area (Å²) in [5.41, 5.74) is 6.76. The maximum absolute atomic E-state index is 13.6. The van der Waals surface area contributed by atoms with Gasteiger partial charge in [-0.3, -0.25) is 0 Å². The van der Waals surface area contributed by atoms with Crippen molar-refractivity contribution in [3.05, 3.63) is 24.0 Å². The summed E-state index contributed by atoms with van der Waals surface area (Å²) in [6.07, 6.45) is 7.29. The molecule has 1 aromatic carbocycles. The molecule has 0 radical (unpaired) electrons. The van der Waals surface area contributed by atoms with Crippen LogP contribution in [-0.4, -0.2) is 6.04 Å². The molecule has 0 aromatic heterocycles. The quantitative estimate of drug-likeness (QED) is 0.593. The van der Waals surface area contributed by atoms with E-state index in [9.17, 15) is 4.39 Å². The molecule has 88 valence electrons. The van der Waals surface area contributed by atoms with E-state index < -0.39 is 0 Å². The van der Waals surface area contributed by atoms with E-state index in [1.807, 2.05) is 0 Å². The molecule has 0 amide bonds. The molecule has 0 heterocycles. The van der Waals surface area contributed by atoms with Gasteiger partial charge in [0.25, 0.3) is 0 Å². The minimum Gasteiger partial charge on any atom is -0.397 e. The highest BCUT2D eigenvalue weighted by molar-refractivity contribution is 5.66. The monoisotopic (exact) mass is 222 g/mol. The first-order valence-corrected chi connectivity index (χ1v) is 6.08. The zero-order valence-corrected chi connectivity index (χ0v) is 9.51. The van der Waals surface area contributed by atoms with Crippen LogP contribution in [0.25, 0.3) is 0 Å². The van der Waals surface area contributed by atoms with E-state index in [0.717, 1.165) is 12.8 Å². The summed E-state index contributed by atoms with van der Waals surface area (Å²) < 4.78 is 13.6. The lowest BCUT2D eigenvalue weighted by Gasteiger charge is -2.19. The average molecular weight is 222 g/mol. The molecule has 1 aromatic rings. The zero-order valence-electron chi connectivity index (χ0n) is 9.51. The van der Waals surface area contributed by atoms with Gasteiger partial charge in [0.05, 0.1) is 11.4 Å². The van der Waals surface area contributed by atoms with E-state index >= 15 is 0 Å². The Morgan fingerprint density at radius 2 is 1.81 bits per heavy atom. The number of nitrogen functional groups attached to an aromatic ring is 1. The average Bonchev–Trinajstić information content (AvgIpc) is 2.52. The maximum atomic E-state index is 13.6. The molecule has 1 saturated carbocycles. The molecule has 1 fully saturated rings. The van der Waals surface area contributed by atoms with Gasteiger partial charge in [0.1, 0.15) is 5.82 Å². The summed E-state index contributed by atoms with van der Waals surface area (Å²) in [7, 11) is 0. The van der Waals surface area contributed by atoms with E-state index in [2.05, 4.69) is 5.32 Å². The van der Waals surface area contributed by atoms with Crippen LogP contribution in [0, 0.1) is 5.82 Å². The fraction of sp³-hybridized carbons (Fsp3) is 0.538. The molecule has 0 spiro atoms. The second-order valence-corrected chi connectivity index (χ2v) is 4.54. The van der Waals surface area contributed by atoms with Crippen molar-refractivity contribution in [3.8, 4) is 0 Å². The van der Waals surface area contributed by atoms with E-state index in [4.69, 9.17) is 5.73 Å². The van der Waals surface area contributed by atoms with Crippen molar-refractivity contribution in [2.45, 2.75) is 44.6 Å². The number of hydrogen-bond acceptors (Lipinski definition) is 2. The number of nitrogens with one attached hydrogen (secondary N) is 1. The first-order valence-electron chi connectivity index (χ1n) is 6.08. The van der Waals surface area contributed by atoms with Crippen LogP contribution in [0.3, 0.4) is 0 Å². The van der Waals surface area contributed by atoms with Crippen LogP contribution >= 0.6 is 0 Å². The van der Waals surface area contributed by atoms with E-state index in [1.54, 1.807) is 12.1 Å². The lowest BCUT2D eigenvalue weighted by Crippen LogP contribution is -2.19. The number of nitrogens with two attached hydrogens (primary N) is 1. The first kappa shape index (κ1) is 11.2. The highest BCUT2D eigenvalue weighted by Crippen LogP contribution is 2.26. The van der Waals surface area contributed by atoms with Crippen LogP contribution in [0.1, 0.15) is 38.5 Å². The molecule has 0 aliphatic heterocycles. The Balaban J connectivity index is 2.07. The third-order valence-corrected chi connectivity index (χ3v) is 3.25. The molecule has 0 atom stereocenters. The lowest BCUT2D eigenvalue weighted by molar-refractivity contribution is 0.598. The van der Waals surface area contributed by atoms with Gasteiger partial charge in [0.2, 0.25) is 0 Å². The Kier molecular flexibility index (Phi) is 3.65. The van der Waals surface area contributed by atoms with Gasteiger partial charge in [-0.1, -0.05) is 31.7 Å². The predicted octanol–water partition coefficient (Wildman–Crippen LogP) is 3.54. The molecular weight excluding hydrogens is 203 g/mol. The van der Waals surface area contributed by atoms with E-state index in [1.165, 1.54) is 31.7 Å². The molecule has 2 nitrogen and oxygen atoms in total. The number of hydrogen-bond donors (Lipinski definition) is 2. The highest BCUT2D eigenvalue weighted by Gasteiger charge is 2.14. The molecule has 0 saturated heterocycles. The Morgan fingerprint density at radius 1 is 1.12 bits per heavy atom. The molecule has 3 N–H and O–H groups in total. The number of anilines is 2. The Morgan fingerprint density at radius 3 is 2.44 bits per heavy atom. The highest BCUT2D eigenvalue weighted by atomic mass is 19.1. The number of rotatable bonds is 2. The molecule has 2 rings (SSSR count). The summed E-state index contributed by atoms with van der Waals surface area (Å²) in [6.45, 7) is 0. The number of benzene rings is 1. The molecule has 0 bridgehead atoms. The van der Waals surface area contributed by atoms with Gasteiger partial charge in [-0.05, 0) is 25.0 Å². The van der Waals surface area contributed by atoms with Crippen LogP contribution in [0.4, 0.5) is 15.8 Å². The van der Waals surface area contributed by atoms with Gasteiger partial charge >= 0.3 is 0 Å².